The molecule has 0 aliphatic carbocycles. The number of ether oxygens (including phenoxy) is 2. The van der Waals surface area contributed by atoms with Crippen molar-refractivity contribution < 1.29 is 18.8 Å². The van der Waals surface area contributed by atoms with E-state index in [0.717, 1.165) is 0 Å². The molecule has 25 heavy (non-hydrogen) atoms. The van der Waals surface area contributed by atoms with Gasteiger partial charge < -0.3 is 14.8 Å². The van der Waals surface area contributed by atoms with Gasteiger partial charge in [-0.1, -0.05) is 17.3 Å². The number of carbonyl (C=O) groups excluding carboxylic acids is 1. The van der Waals surface area contributed by atoms with Crippen LogP contribution in [0.3, 0.4) is 0 Å². The van der Waals surface area contributed by atoms with Crippen LogP contribution in [0.4, 0.5) is 5.69 Å². The maximum Gasteiger partial charge on any atom is 0.439 e. The molecule has 8 heteroatoms. The highest BCUT2D eigenvalue weighted by molar-refractivity contribution is 5.92. The molecule has 0 bridgehead atoms. The number of para-hydroxylation sites is 2. The average molecular weight is 341 g/mol. The van der Waals surface area contributed by atoms with Gasteiger partial charge in [-0.25, -0.2) is 4.79 Å². The second-order valence-electron chi connectivity index (χ2n) is 5.01. The van der Waals surface area contributed by atoms with E-state index >= 15 is 0 Å². The minimum Gasteiger partial charge on any atom is -0.493 e. The quantitative estimate of drug-likeness (QED) is 0.711. The number of nitrogens with zero attached hydrogens (tertiary/aromatic N) is 1. The summed E-state index contributed by atoms with van der Waals surface area (Å²) in [5.41, 5.74) is 1.25. The van der Waals surface area contributed by atoms with Crippen molar-refractivity contribution in [3.8, 4) is 22.9 Å². The summed E-state index contributed by atoms with van der Waals surface area (Å²) in [6.07, 6.45) is 0. The zero-order chi connectivity index (χ0) is 17.6. The number of H-pyrrole nitrogens is 1. The first-order chi connectivity index (χ1) is 12.2. The predicted octanol–water partition coefficient (Wildman–Crippen LogP) is 2.06. The van der Waals surface area contributed by atoms with Gasteiger partial charge in [-0.3, -0.25) is 14.3 Å². The molecule has 0 aliphatic heterocycles. The van der Waals surface area contributed by atoms with Crippen molar-refractivity contribution in [2.24, 2.45) is 0 Å². The van der Waals surface area contributed by atoms with E-state index in [1.165, 1.54) is 7.11 Å². The number of aromatic amines is 1. The molecule has 128 valence electrons. The Balaban J connectivity index is 1.58. The van der Waals surface area contributed by atoms with E-state index in [0.29, 0.717) is 28.6 Å². The Morgan fingerprint density at radius 1 is 1.16 bits per heavy atom. The second kappa shape index (κ2) is 7.35. The molecule has 0 spiro atoms. The Morgan fingerprint density at radius 2 is 1.88 bits per heavy atom. The van der Waals surface area contributed by atoms with E-state index in [-0.39, 0.29) is 12.5 Å². The third-order valence-electron chi connectivity index (χ3n) is 3.31. The molecular weight excluding hydrogens is 326 g/mol. The maximum absolute atomic E-state index is 12.0. The zero-order valence-electron chi connectivity index (χ0n) is 13.3. The molecule has 0 saturated heterocycles. The number of rotatable bonds is 6. The monoisotopic (exact) mass is 341 g/mol. The van der Waals surface area contributed by atoms with E-state index in [1.54, 1.807) is 42.5 Å². The molecular formula is C17H15N3O5. The SMILES string of the molecule is COc1ccccc1OCC(=O)Nc1ccc(-c2noc(=O)[nH]2)cc1. The molecule has 0 unspecified atom stereocenters. The van der Waals surface area contributed by atoms with Gasteiger partial charge in [0.1, 0.15) is 0 Å². The van der Waals surface area contributed by atoms with Crippen molar-refractivity contribution in [3.05, 3.63) is 59.1 Å². The summed E-state index contributed by atoms with van der Waals surface area (Å²) >= 11 is 0. The Hall–Kier alpha value is -3.55. The van der Waals surface area contributed by atoms with Gasteiger partial charge in [0.15, 0.2) is 23.9 Å². The summed E-state index contributed by atoms with van der Waals surface area (Å²) in [4.78, 5) is 25.4. The van der Waals surface area contributed by atoms with Crippen LogP contribution in [0, 0.1) is 0 Å². The van der Waals surface area contributed by atoms with Crippen molar-refractivity contribution in [1.29, 1.82) is 0 Å². The van der Waals surface area contributed by atoms with Crippen LogP contribution in [0.5, 0.6) is 11.5 Å². The minimum atomic E-state index is -0.624. The fourth-order valence-electron chi connectivity index (χ4n) is 2.14. The van der Waals surface area contributed by atoms with E-state index in [2.05, 4.69) is 20.0 Å². The van der Waals surface area contributed by atoms with Crippen molar-refractivity contribution in [2.75, 3.05) is 19.0 Å². The molecule has 8 nitrogen and oxygen atoms in total. The normalized spacial score (nSPS) is 10.3. The lowest BCUT2D eigenvalue weighted by molar-refractivity contribution is -0.118. The first kappa shape index (κ1) is 16.3. The topological polar surface area (TPSA) is 106 Å². The highest BCUT2D eigenvalue weighted by atomic mass is 16.5. The molecule has 1 amide bonds. The van der Waals surface area contributed by atoms with Crippen LogP contribution in [0.25, 0.3) is 11.4 Å². The lowest BCUT2D eigenvalue weighted by Gasteiger charge is -2.10. The van der Waals surface area contributed by atoms with Crippen LogP contribution in [0.15, 0.2) is 57.8 Å². The summed E-state index contributed by atoms with van der Waals surface area (Å²) in [6.45, 7) is -0.154. The summed E-state index contributed by atoms with van der Waals surface area (Å²) in [6, 6.07) is 13.8. The van der Waals surface area contributed by atoms with Gasteiger partial charge in [-0.05, 0) is 36.4 Å². The third-order valence-corrected chi connectivity index (χ3v) is 3.31. The van der Waals surface area contributed by atoms with Crippen LogP contribution in [0.1, 0.15) is 0 Å². The number of carbonyl (C=O) groups is 1. The largest absolute Gasteiger partial charge is 0.493 e. The van der Waals surface area contributed by atoms with Crippen LogP contribution >= 0.6 is 0 Å². The third kappa shape index (κ3) is 4.05. The van der Waals surface area contributed by atoms with Gasteiger partial charge in [0.2, 0.25) is 0 Å². The van der Waals surface area contributed by atoms with Crippen molar-refractivity contribution in [1.82, 2.24) is 10.1 Å². The zero-order valence-corrected chi connectivity index (χ0v) is 13.3. The minimum absolute atomic E-state index is 0.154. The van der Waals surface area contributed by atoms with Crippen LogP contribution in [-0.2, 0) is 4.79 Å². The number of anilines is 1. The number of benzene rings is 2. The van der Waals surface area contributed by atoms with Gasteiger partial charge in [-0.2, -0.15) is 0 Å². The molecule has 1 aromatic heterocycles. The number of hydrogen-bond donors (Lipinski definition) is 2. The van der Waals surface area contributed by atoms with Gasteiger partial charge >= 0.3 is 5.76 Å². The molecule has 2 N–H and O–H groups in total. The number of aromatic nitrogens is 2. The van der Waals surface area contributed by atoms with Gasteiger partial charge in [0.25, 0.3) is 5.91 Å². The average Bonchev–Trinajstić information content (AvgIpc) is 3.07. The highest BCUT2D eigenvalue weighted by Crippen LogP contribution is 2.25. The lowest BCUT2D eigenvalue weighted by atomic mass is 10.2. The number of nitrogens with one attached hydrogen (secondary N) is 2. The number of hydrogen-bond acceptors (Lipinski definition) is 6. The smallest absolute Gasteiger partial charge is 0.439 e. The summed E-state index contributed by atoms with van der Waals surface area (Å²) < 4.78 is 15.1. The molecule has 0 radical (unpaired) electrons. The van der Waals surface area contributed by atoms with E-state index in [9.17, 15) is 9.59 Å². The summed E-state index contributed by atoms with van der Waals surface area (Å²) in [5.74, 6) is 0.434. The Labute approximate surface area is 142 Å². The van der Waals surface area contributed by atoms with Crippen LogP contribution in [0.2, 0.25) is 0 Å². The van der Waals surface area contributed by atoms with E-state index in [4.69, 9.17) is 9.47 Å². The molecule has 0 aliphatic rings. The molecule has 3 rings (SSSR count). The Kier molecular flexibility index (Phi) is 4.79. The van der Waals surface area contributed by atoms with Gasteiger partial charge in [0.05, 0.1) is 7.11 Å². The first-order valence-electron chi connectivity index (χ1n) is 7.38. The Morgan fingerprint density at radius 3 is 2.52 bits per heavy atom. The van der Waals surface area contributed by atoms with Crippen molar-refractivity contribution >= 4 is 11.6 Å². The second-order valence-corrected chi connectivity index (χ2v) is 5.01. The predicted molar refractivity (Wildman–Crippen MR) is 89.7 cm³/mol. The number of amides is 1. The standard InChI is InChI=1S/C17H15N3O5/c1-23-13-4-2-3-5-14(13)24-10-15(21)18-12-8-6-11(7-9-12)16-19-17(22)25-20-16/h2-9H,10H2,1H3,(H,18,21)(H,19,20,22). The Bertz CT molecular complexity index is 914. The molecule has 1 heterocycles. The fourth-order valence-corrected chi connectivity index (χ4v) is 2.14. The van der Waals surface area contributed by atoms with Gasteiger partial charge in [0, 0.05) is 11.3 Å². The van der Waals surface area contributed by atoms with Crippen LogP contribution < -0.4 is 20.5 Å². The van der Waals surface area contributed by atoms with E-state index < -0.39 is 5.76 Å². The summed E-state index contributed by atoms with van der Waals surface area (Å²) in [5, 5.41) is 6.31. The fraction of sp³-hybridized carbons (Fsp3) is 0.118. The molecule has 2 aromatic carbocycles. The molecule has 0 saturated carbocycles. The van der Waals surface area contributed by atoms with Crippen molar-refractivity contribution in [3.63, 3.8) is 0 Å². The summed E-state index contributed by atoms with van der Waals surface area (Å²) in [7, 11) is 1.53. The van der Waals surface area contributed by atoms with Gasteiger partial charge in [-0.15, -0.1) is 0 Å². The molecule has 3 aromatic rings. The van der Waals surface area contributed by atoms with Crippen LogP contribution in [-0.4, -0.2) is 29.8 Å². The van der Waals surface area contributed by atoms with E-state index in [1.807, 2.05) is 6.07 Å². The maximum atomic E-state index is 12.0. The lowest BCUT2D eigenvalue weighted by Crippen LogP contribution is -2.20. The first-order valence-corrected chi connectivity index (χ1v) is 7.38. The van der Waals surface area contributed by atoms with Crippen molar-refractivity contribution in [2.45, 2.75) is 0 Å². The molecule has 0 atom stereocenters. The molecule has 0 fully saturated rings. The highest BCUT2D eigenvalue weighted by Gasteiger charge is 2.08. The number of methoxy groups -OCH3 is 1.